The Morgan fingerprint density at radius 2 is 1.79 bits per heavy atom. The van der Waals surface area contributed by atoms with Crippen molar-refractivity contribution >= 4 is 28.6 Å². The van der Waals surface area contributed by atoms with Crippen molar-refractivity contribution in [1.29, 1.82) is 0 Å². The molecule has 3 rings (SSSR count). The second-order valence-corrected chi connectivity index (χ2v) is 7.52. The minimum absolute atomic E-state index is 0.237. The lowest BCUT2D eigenvalue weighted by Gasteiger charge is -2.14. The highest BCUT2D eigenvalue weighted by molar-refractivity contribution is 7.99. The molecule has 0 saturated heterocycles. The molecule has 0 bridgehead atoms. The van der Waals surface area contributed by atoms with Crippen LogP contribution in [0.2, 0.25) is 0 Å². The molecule has 5 nitrogen and oxygen atoms in total. The van der Waals surface area contributed by atoms with E-state index in [0.717, 1.165) is 22.9 Å². The Balaban J connectivity index is 2.01. The molecule has 1 N–H and O–H groups in total. The summed E-state index contributed by atoms with van der Waals surface area (Å²) < 4.78 is 38.3. The number of para-hydroxylation sites is 1. The number of alkyl halides is 3. The predicted octanol–water partition coefficient (Wildman–Crippen LogP) is 3.77. The first-order chi connectivity index (χ1) is 13.6. The first kappa shape index (κ1) is 20.9. The highest BCUT2D eigenvalue weighted by atomic mass is 32.2. The average molecular weight is 421 g/mol. The van der Waals surface area contributed by atoms with E-state index in [4.69, 9.17) is 0 Å². The van der Waals surface area contributed by atoms with E-state index in [1.165, 1.54) is 4.57 Å². The van der Waals surface area contributed by atoms with Crippen LogP contribution in [0.1, 0.15) is 11.1 Å². The molecule has 0 unspecified atom stereocenters. The van der Waals surface area contributed by atoms with Crippen LogP contribution in [0.15, 0.2) is 52.4 Å². The van der Waals surface area contributed by atoms with Crippen molar-refractivity contribution in [3.63, 3.8) is 0 Å². The van der Waals surface area contributed by atoms with Crippen LogP contribution < -0.4 is 10.9 Å². The zero-order chi connectivity index (χ0) is 21.2. The van der Waals surface area contributed by atoms with Gasteiger partial charge in [0.1, 0.15) is 6.54 Å². The van der Waals surface area contributed by atoms with Crippen molar-refractivity contribution < 1.29 is 18.0 Å². The summed E-state index contributed by atoms with van der Waals surface area (Å²) in [5.74, 6) is -1.09. The summed E-state index contributed by atoms with van der Waals surface area (Å²) >= 11 is 0.914. The van der Waals surface area contributed by atoms with Crippen LogP contribution >= 0.6 is 11.8 Å². The number of carbonyl (C=O) groups excluding carboxylic acids is 1. The van der Waals surface area contributed by atoms with Crippen LogP contribution in [0.3, 0.4) is 0 Å². The Morgan fingerprint density at radius 1 is 1.14 bits per heavy atom. The molecule has 0 radical (unpaired) electrons. The van der Waals surface area contributed by atoms with Crippen molar-refractivity contribution in [2.75, 3.05) is 12.3 Å². The normalized spacial score (nSPS) is 11.6. The van der Waals surface area contributed by atoms with Crippen LogP contribution in [0.5, 0.6) is 0 Å². The Bertz CT molecular complexity index is 1110. The molecule has 29 heavy (non-hydrogen) atoms. The van der Waals surface area contributed by atoms with E-state index in [-0.39, 0.29) is 16.5 Å². The summed E-state index contributed by atoms with van der Waals surface area (Å²) in [5.41, 5.74) is 2.62. The summed E-state index contributed by atoms with van der Waals surface area (Å²) in [7, 11) is 0. The number of rotatable bonds is 5. The second kappa shape index (κ2) is 8.28. The minimum atomic E-state index is -4.48. The number of nitrogens with zero attached hydrogens (tertiary/aromatic N) is 2. The van der Waals surface area contributed by atoms with Crippen LogP contribution in [-0.4, -0.2) is 33.9 Å². The van der Waals surface area contributed by atoms with Gasteiger partial charge >= 0.3 is 6.18 Å². The standard InChI is InChI=1S/C20H18F3N3O2S/c1-12-7-13(2)9-14(8-12)26-18(28)15-5-3-4-6-16(15)25-19(26)29-10-17(27)24-11-20(21,22)23/h3-9H,10-11H2,1-2H3,(H,24,27). The van der Waals surface area contributed by atoms with Crippen LogP contribution in [-0.2, 0) is 4.79 Å². The summed E-state index contributed by atoms with van der Waals surface area (Å²) in [6.45, 7) is 2.39. The number of hydrogen-bond donors (Lipinski definition) is 1. The van der Waals surface area contributed by atoms with Crippen LogP contribution in [0.25, 0.3) is 16.6 Å². The zero-order valence-electron chi connectivity index (χ0n) is 15.7. The molecule has 9 heteroatoms. The molecule has 152 valence electrons. The number of thioether (sulfide) groups is 1. The highest BCUT2D eigenvalue weighted by Crippen LogP contribution is 2.23. The molecule has 0 atom stereocenters. The van der Waals surface area contributed by atoms with E-state index in [0.29, 0.717) is 16.6 Å². The monoisotopic (exact) mass is 421 g/mol. The summed E-state index contributed by atoms with van der Waals surface area (Å²) in [5, 5.41) is 2.47. The largest absolute Gasteiger partial charge is 0.405 e. The summed E-state index contributed by atoms with van der Waals surface area (Å²) in [6.07, 6.45) is -4.48. The van der Waals surface area contributed by atoms with Crippen molar-refractivity contribution in [1.82, 2.24) is 14.9 Å². The maximum atomic E-state index is 13.1. The number of aromatic nitrogens is 2. The van der Waals surface area contributed by atoms with Gasteiger partial charge in [0, 0.05) is 0 Å². The Labute approximate surface area is 169 Å². The van der Waals surface area contributed by atoms with Crippen molar-refractivity contribution in [3.8, 4) is 5.69 Å². The van der Waals surface area contributed by atoms with Gasteiger partial charge in [0.15, 0.2) is 5.16 Å². The van der Waals surface area contributed by atoms with Crippen molar-refractivity contribution in [2.45, 2.75) is 25.2 Å². The number of hydrogen-bond acceptors (Lipinski definition) is 4. The van der Waals surface area contributed by atoms with Crippen molar-refractivity contribution in [2.24, 2.45) is 0 Å². The second-order valence-electron chi connectivity index (χ2n) is 6.58. The van der Waals surface area contributed by atoms with E-state index in [1.54, 1.807) is 24.3 Å². The Kier molecular flexibility index (Phi) is 5.97. The summed E-state index contributed by atoms with van der Waals surface area (Å²) in [4.78, 5) is 29.4. The molecule has 1 aromatic heterocycles. The molecule has 0 aliphatic heterocycles. The quantitative estimate of drug-likeness (QED) is 0.503. The van der Waals surface area contributed by atoms with Gasteiger partial charge in [-0.2, -0.15) is 13.2 Å². The topological polar surface area (TPSA) is 64.0 Å². The molecule has 1 amide bonds. The Hall–Kier alpha value is -2.81. The van der Waals surface area contributed by atoms with E-state index in [9.17, 15) is 22.8 Å². The summed E-state index contributed by atoms with van der Waals surface area (Å²) in [6, 6.07) is 12.4. The van der Waals surface area contributed by atoms with Gasteiger partial charge in [0.05, 0.1) is 22.3 Å². The lowest BCUT2D eigenvalue weighted by molar-refractivity contribution is -0.136. The molecule has 0 aliphatic carbocycles. The number of benzene rings is 2. The number of aryl methyl sites for hydroxylation is 2. The fourth-order valence-corrected chi connectivity index (χ4v) is 3.74. The fourth-order valence-electron chi connectivity index (χ4n) is 2.90. The van der Waals surface area contributed by atoms with Gasteiger partial charge in [-0.1, -0.05) is 30.0 Å². The van der Waals surface area contributed by atoms with Crippen molar-refractivity contribution in [3.05, 3.63) is 63.9 Å². The Morgan fingerprint density at radius 3 is 2.45 bits per heavy atom. The molecular weight excluding hydrogens is 403 g/mol. The van der Waals surface area contributed by atoms with E-state index >= 15 is 0 Å². The van der Waals surface area contributed by atoms with E-state index in [1.807, 2.05) is 37.4 Å². The van der Waals surface area contributed by atoms with Gasteiger partial charge in [-0.25, -0.2) is 4.98 Å². The molecule has 0 fully saturated rings. The van der Waals surface area contributed by atoms with Gasteiger partial charge in [0.25, 0.3) is 5.56 Å². The molecular formula is C20H18F3N3O2S. The minimum Gasteiger partial charge on any atom is -0.346 e. The lowest BCUT2D eigenvalue weighted by atomic mass is 10.1. The third-order valence-corrected chi connectivity index (χ3v) is 4.97. The highest BCUT2D eigenvalue weighted by Gasteiger charge is 2.27. The van der Waals surface area contributed by atoms with Gasteiger partial charge < -0.3 is 5.32 Å². The SMILES string of the molecule is Cc1cc(C)cc(-n2c(SCC(=O)NCC(F)(F)F)nc3ccccc3c2=O)c1. The molecule has 0 saturated carbocycles. The van der Waals surface area contributed by atoms with Crippen LogP contribution in [0.4, 0.5) is 13.2 Å². The van der Waals surface area contributed by atoms with Gasteiger partial charge in [-0.15, -0.1) is 0 Å². The molecule has 1 heterocycles. The van der Waals surface area contributed by atoms with E-state index < -0.39 is 18.6 Å². The maximum Gasteiger partial charge on any atom is 0.405 e. The third kappa shape index (κ3) is 5.17. The first-order valence-electron chi connectivity index (χ1n) is 8.71. The van der Waals surface area contributed by atoms with Gasteiger partial charge in [-0.3, -0.25) is 14.2 Å². The van der Waals surface area contributed by atoms with Gasteiger partial charge in [0.2, 0.25) is 5.91 Å². The predicted molar refractivity (Wildman–Crippen MR) is 107 cm³/mol. The number of halogens is 3. The lowest BCUT2D eigenvalue weighted by Crippen LogP contribution is -2.35. The number of nitrogens with one attached hydrogen (secondary N) is 1. The van der Waals surface area contributed by atoms with Crippen LogP contribution in [0, 0.1) is 13.8 Å². The number of amides is 1. The maximum absolute atomic E-state index is 13.1. The number of fused-ring (bicyclic) bond motifs is 1. The molecule has 0 spiro atoms. The molecule has 0 aliphatic rings. The smallest absolute Gasteiger partial charge is 0.346 e. The zero-order valence-corrected chi connectivity index (χ0v) is 16.5. The molecule has 3 aromatic rings. The number of carbonyl (C=O) groups is 1. The average Bonchev–Trinajstić information content (AvgIpc) is 2.63. The fraction of sp³-hybridized carbons (Fsp3) is 0.250. The van der Waals surface area contributed by atoms with E-state index in [2.05, 4.69) is 4.98 Å². The van der Waals surface area contributed by atoms with Gasteiger partial charge in [-0.05, 0) is 49.2 Å². The molecule has 2 aromatic carbocycles. The third-order valence-electron chi connectivity index (χ3n) is 4.03. The first-order valence-corrected chi connectivity index (χ1v) is 9.69.